The van der Waals surface area contributed by atoms with Gasteiger partial charge in [0, 0.05) is 17.5 Å². The number of hydrogen-bond donors (Lipinski definition) is 1. The average molecular weight is 308 g/mol. The van der Waals surface area contributed by atoms with Crippen molar-refractivity contribution in [2.24, 2.45) is 5.41 Å². The van der Waals surface area contributed by atoms with Crippen LogP contribution in [0.4, 0.5) is 0 Å². The molecule has 0 aromatic heterocycles. The largest absolute Gasteiger partial charge is 0.385 e. The lowest BCUT2D eigenvalue weighted by atomic mass is 9.70. The highest BCUT2D eigenvalue weighted by Gasteiger charge is 2.54. The van der Waals surface area contributed by atoms with Gasteiger partial charge in [-0.1, -0.05) is 61.5 Å². The van der Waals surface area contributed by atoms with E-state index in [2.05, 4.69) is 0 Å². The molecule has 3 nitrogen and oxygen atoms in total. The van der Waals surface area contributed by atoms with Crippen LogP contribution in [-0.2, 0) is 5.60 Å². The van der Waals surface area contributed by atoms with Gasteiger partial charge in [0.2, 0.25) is 0 Å². The summed E-state index contributed by atoms with van der Waals surface area (Å²) in [6.07, 6.45) is 0.467. The van der Waals surface area contributed by atoms with E-state index in [4.69, 9.17) is 0 Å². The maximum absolute atomic E-state index is 12.9. The fourth-order valence-electron chi connectivity index (χ4n) is 3.59. The van der Waals surface area contributed by atoms with Crippen molar-refractivity contribution in [1.29, 1.82) is 0 Å². The molecule has 0 heterocycles. The normalized spacial score (nSPS) is 18.6. The second-order valence-electron chi connectivity index (χ2n) is 6.46. The van der Waals surface area contributed by atoms with E-state index in [0.29, 0.717) is 23.1 Å². The highest BCUT2D eigenvalue weighted by atomic mass is 16.3. The first kappa shape index (κ1) is 15.6. The Kier molecular flexibility index (Phi) is 3.69. The summed E-state index contributed by atoms with van der Waals surface area (Å²) in [5.41, 5.74) is -0.760. The molecule has 0 fully saturated rings. The van der Waals surface area contributed by atoms with Crippen LogP contribution in [0.3, 0.4) is 0 Å². The summed E-state index contributed by atoms with van der Waals surface area (Å²) >= 11 is 0. The van der Waals surface area contributed by atoms with E-state index < -0.39 is 11.0 Å². The number of carbonyl (C=O) groups is 2. The summed E-state index contributed by atoms with van der Waals surface area (Å²) in [4.78, 5) is 25.9. The van der Waals surface area contributed by atoms with E-state index in [1.807, 2.05) is 37.3 Å². The van der Waals surface area contributed by atoms with Crippen LogP contribution < -0.4 is 0 Å². The lowest BCUT2D eigenvalue weighted by Crippen LogP contribution is -2.40. The minimum atomic E-state index is -1.25. The Balaban J connectivity index is 2.04. The van der Waals surface area contributed by atoms with Gasteiger partial charge in [-0.05, 0) is 18.9 Å². The number of Topliss-reactive ketones (excluding diaryl/α,β-unsaturated/α-hetero) is 2. The van der Waals surface area contributed by atoms with Gasteiger partial charge in [-0.25, -0.2) is 0 Å². The Labute approximate surface area is 136 Å². The fourth-order valence-corrected chi connectivity index (χ4v) is 3.59. The zero-order valence-corrected chi connectivity index (χ0v) is 13.4. The molecule has 0 saturated carbocycles. The smallest absolute Gasteiger partial charge is 0.177 e. The Morgan fingerprint density at radius 3 is 1.87 bits per heavy atom. The number of carbonyl (C=O) groups excluding carboxylic acids is 2. The van der Waals surface area contributed by atoms with Gasteiger partial charge in [0.1, 0.15) is 0 Å². The van der Waals surface area contributed by atoms with E-state index in [1.54, 1.807) is 31.2 Å². The molecule has 0 radical (unpaired) electrons. The van der Waals surface area contributed by atoms with Crippen LogP contribution in [0, 0.1) is 5.41 Å². The maximum atomic E-state index is 12.9. The number of benzene rings is 2. The van der Waals surface area contributed by atoms with Crippen molar-refractivity contribution in [3.63, 3.8) is 0 Å². The van der Waals surface area contributed by atoms with Gasteiger partial charge in [0.15, 0.2) is 11.6 Å². The Morgan fingerprint density at radius 1 is 0.913 bits per heavy atom. The number of aliphatic hydroxyl groups is 1. The van der Waals surface area contributed by atoms with Crippen LogP contribution in [0.25, 0.3) is 0 Å². The van der Waals surface area contributed by atoms with Crippen LogP contribution in [0.5, 0.6) is 0 Å². The molecule has 1 aliphatic carbocycles. The molecule has 3 heteroatoms. The molecule has 118 valence electrons. The molecule has 1 N–H and O–H groups in total. The van der Waals surface area contributed by atoms with Gasteiger partial charge in [-0.15, -0.1) is 0 Å². The number of hydrogen-bond acceptors (Lipinski definition) is 3. The van der Waals surface area contributed by atoms with E-state index in [9.17, 15) is 14.7 Å². The molecule has 1 atom stereocenters. The van der Waals surface area contributed by atoms with Crippen LogP contribution >= 0.6 is 0 Å². The third-order valence-electron chi connectivity index (χ3n) is 4.93. The van der Waals surface area contributed by atoms with Crippen molar-refractivity contribution in [1.82, 2.24) is 0 Å². The zero-order chi connectivity index (χ0) is 16.7. The predicted octanol–water partition coefficient (Wildman–Crippen LogP) is 3.76. The SMILES string of the molecule is CCC1(CC(C)(O)c2ccccc2)C(=O)c2ccccc2C1=O. The highest BCUT2D eigenvalue weighted by Crippen LogP contribution is 2.47. The molecule has 0 aliphatic heterocycles. The molecule has 0 spiro atoms. The zero-order valence-electron chi connectivity index (χ0n) is 13.4. The molecular weight excluding hydrogens is 288 g/mol. The molecule has 23 heavy (non-hydrogen) atoms. The lowest BCUT2D eigenvalue weighted by Gasteiger charge is -2.33. The topological polar surface area (TPSA) is 54.4 Å². The standard InChI is InChI=1S/C20H20O3/c1-3-20(13-19(2,23)14-9-5-4-6-10-14)17(21)15-11-7-8-12-16(15)18(20)22/h4-12,23H,3,13H2,1-2H3. The van der Waals surface area contributed by atoms with E-state index in [1.165, 1.54) is 0 Å². The van der Waals surface area contributed by atoms with Crippen molar-refractivity contribution >= 4 is 11.6 Å². The predicted molar refractivity (Wildman–Crippen MR) is 88.5 cm³/mol. The molecular formula is C20H20O3. The number of fused-ring (bicyclic) bond motifs is 1. The van der Waals surface area contributed by atoms with Crippen molar-refractivity contribution < 1.29 is 14.7 Å². The van der Waals surface area contributed by atoms with Gasteiger partial charge in [0.25, 0.3) is 0 Å². The highest BCUT2D eigenvalue weighted by molar-refractivity contribution is 6.29. The third-order valence-corrected chi connectivity index (χ3v) is 4.93. The average Bonchev–Trinajstić information content (AvgIpc) is 2.78. The summed E-state index contributed by atoms with van der Waals surface area (Å²) in [5.74, 6) is -0.339. The summed E-state index contributed by atoms with van der Waals surface area (Å²) in [6, 6.07) is 16.1. The third kappa shape index (κ3) is 2.32. The first-order chi connectivity index (χ1) is 10.9. The summed E-state index contributed by atoms with van der Waals surface area (Å²) in [7, 11) is 0. The molecule has 1 aliphatic rings. The molecule has 0 bridgehead atoms. The van der Waals surface area contributed by atoms with Crippen molar-refractivity contribution in [3.05, 3.63) is 71.3 Å². The molecule has 3 rings (SSSR count). The van der Waals surface area contributed by atoms with Crippen molar-refractivity contribution in [2.45, 2.75) is 32.3 Å². The quantitative estimate of drug-likeness (QED) is 0.875. The van der Waals surface area contributed by atoms with Crippen LogP contribution in [0.15, 0.2) is 54.6 Å². The van der Waals surface area contributed by atoms with E-state index >= 15 is 0 Å². The first-order valence-electron chi connectivity index (χ1n) is 7.89. The summed E-state index contributed by atoms with van der Waals surface area (Å²) in [5, 5.41) is 11.0. The van der Waals surface area contributed by atoms with Gasteiger partial charge in [-0.3, -0.25) is 9.59 Å². The molecule has 2 aromatic rings. The Morgan fingerprint density at radius 2 is 1.39 bits per heavy atom. The molecule has 0 amide bonds. The minimum Gasteiger partial charge on any atom is -0.385 e. The van der Waals surface area contributed by atoms with Crippen molar-refractivity contribution in [2.75, 3.05) is 0 Å². The van der Waals surface area contributed by atoms with Crippen molar-refractivity contribution in [3.8, 4) is 0 Å². The maximum Gasteiger partial charge on any atom is 0.177 e. The molecule has 2 aromatic carbocycles. The fraction of sp³-hybridized carbons (Fsp3) is 0.300. The van der Waals surface area contributed by atoms with E-state index in [-0.39, 0.29) is 18.0 Å². The number of rotatable bonds is 4. The van der Waals surface area contributed by atoms with Gasteiger partial charge in [0.05, 0.1) is 11.0 Å². The van der Waals surface area contributed by atoms with Gasteiger partial charge >= 0.3 is 0 Å². The van der Waals surface area contributed by atoms with E-state index in [0.717, 1.165) is 0 Å². The lowest BCUT2D eigenvalue weighted by molar-refractivity contribution is 0.00680. The Bertz CT molecular complexity index is 724. The minimum absolute atomic E-state index is 0.0901. The molecule has 0 saturated heterocycles. The second kappa shape index (κ2) is 5.43. The summed E-state index contributed by atoms with van der Waals surface area (Å²) in [6.45, 7) is 3.51. The monoisotopic (exact) mass is 308 g/mol. The van der Waals surface area contributed by atoms with Crippen LogP contribution in [0.2, 0.25) is 0 Å². The number of ketones is 2. The second-order valence-corrected chi connectivity index (χ2v) is 6.46. The molecule has 1 unspecified atom stereocenters. The Hall–Kier alpha value is -2.26. The van der Waals surface area contributed by atoms with Crippen LogP contribution in [0.1, 0.15) is 53.0 Å². The first-order valence-corrected chi connectivity index (χ1v) is 7.89. The van der Waals surface area contributed by atoms with Crippen LogP contribution in [-0.4, -0.2) is 16.7 Å². The van der Waals surface area contributed by atoms with Gasteiger partial charge < -0.3 is 5.11 Å². The van der Waals surface area contributed by atoms with Gasteiger partial charge in [-0.2, -0.15) is 0 Å². The summed E-state index contributed by atoms with van der Waals surface area (Å²) < 4.78 is 0.